The Labute approximate surface area is 230 Å². The van der Waals surface area contributed by atoms with Gasteiger partial charge in [-0.05, 0) is 43.5 Å². The van der Waals surface area contributed by atoms with Crippen molar-refractivity contribution in [2.75, 3.05) is 11.4 Å². The van der Waals surface area contributed by atoms with Gasteiger partial charge in [-0.3, -0.25) is 14.8 Å². The van der Waals surface area contributed by atoms with Crippen molar-refractivity contribution in [1.82, 2.24) is 19.3 Å². The van der Waals surface area contributed by atoms with E-state index in [1.165, 1.54) is 23.5 Å². The summed E-state index contributed by atoms with van der Waals surface area (Å²) in [5, 5.41) is 19.6. The Balaban J connectivity index is 1.43. The van der Waals surface area contributed by atoms with Gasteiger partial charge in [-0.2, -0.15) is 8.70 Å². The molecule has 3 heterocycles. The molecule has 5 rings (SSSR count). The number of nitrogens with zero attached hydrogens (tertiary/aromatic N) is 5. The lowest BCUT2D eigenvalue weighted by Crippen LogP contribution is -2.59. The minimum absolute atomic E-state index is 0.0725. The maximum Gasteiger partial charge on any atom is 0.339 e. The quantitative estimate of drug-likeness (QED) is 0.388. The predicted octanol–water partition coefficient (Wildman–Crippen LogP) is 3.46. The van der Waals surface area contributed by atoms with Crippen LogP contribution in [0.15, 0.2) is 53.8 Å². The zero-order valence-corrected chi connectivity index (χ0v) is 22.3. The van der Waals surface area contributed by atoms with Crippen molar-refractivity contribution < 1.29 is 32.6 Å². The number of sulfonamides is 1. The van der Waals surface area contributed by atoms with Crippen LogP contribution in [0.1, 0.15) is 66.2 Å². The number of amides is 1. The average Bonchev–Trinajstić information content (AvgIpc) is 2.91. The average molecular weight is 570 g/mol. The molecule has 3 aromatic rings. The van der Waals surface area contributed by atoms with E-state index in [4.69, 9.17) is 0 Å². The Morgan fingerprint density at radius 1 is 1.00 bits per heavy atom. The Bertz CT molecular complexity index is 1510. The highest BCUT2D eigenvalue weighted by Crippen LogP contribution is 2.33. The third-order valence-corrected chi connectivity index (χ3v) is 9.31. The fraction of sp³-hybridized carbons (Fsp3) is 0.370. The van der Waals surface area contributed by atoms with Crippen LogP contribution in [0.5, 0.6) is 5.75 Å². The van der Waals surface area contributed by atoms with Gasteiger partial charge in [0.1, 0.15) is 22.3 Å². The Morgan fingerprint density at radius 2 is 1.77 bits per heavy atom. The summed E-state index contributed by atoms with van der Waals surface area (Å²) in [7, 11) is -4.14. The summed E-state index contributed by atoms with van der Waals surface area (Å²) in [6, 6.07) is 4.62. The molecule has 2 N–H and O–H groups in total. The van der Waals surface area contributed by atoms with Crippen molar-refractivity contribution in [2.45, 2.75) is 61.9 Å². The summed E-state index contributed by atoms with van der Waals surface area (Å²) >= 11 is 0. The largest absolute Gasteiger partial charge is 0.507 e. The molecule has 2 aliphatic rings. The van der Waals surface area contributed by atoms with E-state index in [0.29, 0.717) is 11.6 Å². The zero-order chi connectivity index (χ0) is 28.4. The number of aromatic hydroxyl groups is 1. The molecular formula is C27H28FN5O6S. The van der Waals surface area contributed by atoms with Crippen molar-refractivity contribution in [3.8, 4) is 5.75 Å². The molecule has 1 aliphatic heterocycles. The number of halogens is 1. The number of carboxylic acid groups (broad SMARTS) is 1. The van der Waals surface area contributed by atoms with E-state index in [1.54, 1.807) is 12.4 Å². The van der Waals surface area contributed by atoms with Crippen LogP contribution in [0, 0.1) is 5.95 Å². The van der Waals surface area contributed by atoms with Gasteiger partial charge in [0.15, 0.2) is 0 Å². The van der Waals surface area contributed by atoms with Gasteiger partial charge in [-0.15, -0.1) is 0 Å². The molecule has 1 amide bonds. The topological polar surface area (TPSA) is 154 Å². The lowest BCUT2D eigenvalue weighted by atomic mass is 9.87. The van der Waals surface area contributed by atoms with Gasteiger partial charge in [-0.25, -0.2) is 18.2 Å². The molecule has 0 bridgehead atoms. The highest BCUT2D eigenvalue weighted by Gasteiger charge is 2.45. The summed E-state index contributed by atoms with van der Waals surface area (Å²) in [4.78, 5) is 38.7. The van der Waals surface area contributed by atoms with Crippen LogP contribution in [-0.4, -0.2) is 62.4 Å². The number of benzene rings is 1. The van der Waals surface area contributed by atoms with Gasteiger partial charge >= 0.3 is 5.97 Å². The molecule has 2 aromatic heterocycles. The van der Waals surface area contributed by atoms with Crippen molar-refractivity contribution >= 4 is 27.6 Å². The highest BCUT2D eigenvalue weighted by molar-refractivity contribution is 7.89. The van der Waals surface area contributed by atoms with E-state index in [9.17, 15) is 32.6 Å². The molecule has 210 valence electrons. The minimum Gasteiger partial charge on any atom is -0.507 e. The van der Waals surface area contributed by atoms with Crippen molar-refractivity contribution in [2.24, 2.45) is 0 Å². The van der Waals surface area contributed by atoms with Crippen LogP contribution >= 0.6 is 0 Å². The normalized spacial score (nSPS) is 18.2. The first-order valence-electron chi connectivity index (χ1n) is 13.0. The maximum absolute atomic E-state index is 13.8. The number of pyridine rings is 1. The lowest BCUT2D eigenvalue weighted by molar-refractivity contribution is -0.125. The van der Waals surface area contributed by atoms with Gasteiger partial charge in [-0.1, -0.05) is 19.3 Å². The summed E-state index contributed by atoms with van der Waals surface area (Å²) in [6.45, 7) is -0.0197. The SMILES string of the molecule is O=C(O)c1ccc(N(Cc2cnc(C3CCCCC3)cn2)C(=O)[C@H]2CCN2S(=O)(=O)c2ccc(F)nc2)cc1O. The molecule has 11 nitrogen and oxygen atoms in total. The van der Waals surface area contributed by atoms with Crippen LogP contribution in [0.2, 0.25) is 0 Å². The number of aromatic nitrogens is 3. The molecule has 1 atom stereocenters. The number of aromatic carboxylic acids is 1. The molecule has 1 saturated heterocycles. The van der Waals surface area contributed by atoms with Crippen molar-refractivity contribution in [3.63, 3.8) is 0 Å². The third kappa shape index (κ3) is 5.52. The molecule has 0 radical (unpaired) electrons. The van der Waals surface area contributed by atoms with Crippen molar-refractivity contribution in [3.05, 3.63) is 71.8 Å². The molecule has 0 unspecified atom stereocenters. The molecule has 13 heteroatoms. The van der Waals surface area contributed by atoms with E-state index in [0.717, 1.165) is 60.1 Å². The summed E-state index contributed by atoms with van der Waals surface area (Å²) in [5.41, 5.74) is 1.14. The standard InChI is InChI=1S/C27H28FN5O6S/c28-25-9-7-20(14-31-25)40(38,39)33-11-10-23(33)26(35)32(19-6-8-21(27(36)37)24(34)12-19)16-18-13-30-22(15-29-18)17-4-2-1-3-5-17/h6-9,12-15,17,23,34H,1-5,10-11,16H2,(H,36,37)/t23-/m1/s1. The summed E-state index contributed by atoms with van der Waals surface area (Å²) in [6.07, 6.45) is 9.98. The molecule has 1 aliphatic carbocycles. The Kier molecular flexibility index (Phi) is 7.76. The summed E-state index contributed by atoms with van der Waals surface area (Å²) < 4.78 is 40.7. The van der Waals surface area contributed by atoms with E-state index in [1.807, 2.05) is 0 Å². The van der Waals surface area contributed by atoms with Gasteiger partial charge < -0.3 is 15.1 Å². The Hall–Kier alpha value is -3.97. The van der Waals surface area contributed by atoms with Crippen LogP contribution in [0.4, 0.5) is 10.1 Å². The minimum atomic E-state index is -4.14. The number of carboxylic acids is 1. The number of hydrogen-bond acceptors (Lipinski definition) is 8. The molecule has 1 aromatic carbocycles. The second-order valence-corrected chi connectivity index (χ2v) is 11.8. The fourth-order valence-corrected chi connectivity index (χ4v) is 6.68. The lowest BCUT2D eigenvalue weighted by Gasteiger charge is -2.40. The van der Waals surface area contributed by atoms with Crippen LogP contribution in [0.3, 0.4) is 0 Å². The fourth-order valence-electron chi connectivity index (χ4n) is 5.11. The van der Waals surface area contributed by atoms with E-state index in [2.05, 4.69) is 15.0 Å². The Morgan fingerprint density at radius 3 is 2.35 bits per heavy atom. The van der Waals surface area contributed by atoms with Gasteiger partial charge in [0, 0.05) is 30.4 Å². The summed E-state index contributed by atoms with van der Waals surface area (Å²) in [5.74, 6) is -2.97. The van der Waals surface area contributed by atoms with Gasteiger partial charge in [0.2, 0.25) is 21.9 Å². The number of carbonyl (C=O) groups excluding carboxylic acids is 1. The van der Waals surface area contributed by atoms with Gasteiger partial charge in [0.05, 0.1) is 30.3 Å². The van der Waals surface area contributed by atoms with Crippen molar-refractivity contribution in [1.29, 1.82) is 0 Å². The highest BCUT2D eigenvalue weighted by atomic mass is 32.2. The number of anilines is 1. The van der Waals surface area contributed by atoms with E-state index >= 15 is 0 Å². The zero-order valence-electron chi connectivity index (χ0n) is 21.5. The predicted molar refractivity (Wildman–Crippen MR) is 141 cm³/mol. The molecular weight excluding hydrogens is 541 g/mol. The van der Waals surface area contributed by atoms with E-state index < -0.39 is 39.6 Å². The van der Waals surface area contributed by atoms with Crippen LogP contribution in [0.25, 0.3) is 0 Å². The molecule has 40 heavy (non-hydrogen) atoms. The van der Waals surface area contributed by atoms with Crippen LogP contribution in [-0.2, 0) is 21.4 Å². The first-order valence-corrected chi connectivity index (χ1v) is 14.4. The second kappa shape index (κ2) is 11.3. The molecule has 2 fully saturated rings. The van der Waals surface area contributed by atoms with Crippen LogP contribution < -0.4 is 4.90 Å². The number of phenols is 1. The molecule has 0 spiro atoms. The van der Waals surface area contributed by atoms with E-state index in [-0.39, 0.29) is 35.7 Å². The number of hydrogen-bond donors (Lipinski definition) is 2. The maximum atomic E-state index is 13.8. The third-order valence-electron chi connectivity index (χ3n) is 7.42. The smallest absolute Gasteiger partial charge is 0.339 e. The monoisotopic (exact) mass is 569 g/mol. The second-order valence-electron chi connectivity index (χ2n) is 9.94. The molecule has 1 saturated carbocycles. The number of rotatable bonds is 8. The van der Waals surface area contributed by atoms with Gasteiger partial charge in [0.25, 0.3) is 0 Å². The number of carbonyl (C=O) groups is 2. The first kappa shape index (κ1) is 27.6. The first-order chi connectivity index (χ1) is 19.1.